The maximum Gasteiger partial charge on any atom is 0.425 e. The molecule has 12 heteroatoms. The molecule has 0 fully saturated rings. The van der Waals surface area contributed by atoms with Crippen molar-refractivity contribution >= 4 is 17.6 Å². The van der Waals surface area contributed by atoms with Crippen LogP contribution in [0.1, 0.15) is 21.5 Å². The van der Waals surface area contributed by atoms with Crippen LogP contribution >= 0.6 is 0 Å². The van der Waals surface area contributed by atoms with E-state index in [0.717, 1.165) is 10.8 Å². The first-order valence-corrected chi connectivity index (χ1v) is 9.17. The van der Waals surface area contributed by atoms with Crippen LogP contribution in [0.15, 0.2) is 64.4 Å². The zero-order valence-corrected chi connectivity index (χ0v) is 16.1. The van der Waals surface area contributed by atoms with Crippen molar-refractivity contribution in [3.63, 3.8) is 0 Å². The SMILES string of the molecule is O=C(NC1(C(F)(F)F)C(=O)Nc2c1c(=O)[nH]c(=O)n2Cc1ccccc1)c1cccnc1. The number of hydrogen-bond donors (Lipinski definition) is 3. The summed E-state index contributed by atoms with van der Waals surface area (Å²) in [5, 5.41) is 3.63. The second kappa shape index (κ2) is 7.48. The molecule has 2 amide bonds. The van der Waals surface area contributed by atoms with Crippen molar-refractivity contribution in [1.29, 1.82) is 0 Å². The molecule has 1 aliphatic rings. The van der Waals surface area contributed by atoms with E-state index in [0.29, 0.717) is 5.56 Å². The smallest absolute Gasteiger partial charge is 0.326 e. The van der Waals surface area contributed by atoms with Gasteiger partial charge >= 0.3 is 11.9 Å². The molecule has 0 radical (unpaired) electrons. The molecule has 0 saturated heterocycles. The standard InChI is InChI=1S/C20H14F3N5O4/c21-20(22,23)19(27-15(29)12-7-4-8-24-9-12)13-14(25-17(19)31)28(18(32)26-16(13)30)10-11-5-2-1-3-6-11/h1-9H,10H2,(H,25,31)(H,27,29)(H,26,30,32). The molecule has 32 heavy (non-hydrogen) atoms. The number of anilines is 1. The van der Waals surface area contributed by atoms with E-state index in [2.05, 4.69) is 4.98 Å². The highest BCUT2D eigenvalue weighted by molar-refractivity contribution is 6.09. The van der Waals surface area contributed by atoms with Gasteiger partial charge in [0.05, 0.1) is 12.1 Å². The molecule has 164 valence electrons. The highest BCUT2D eigenvalue weighted by Crippen LogP contribution is 2.45. The highest BCUT2D eigenvalue weighted by Gasteiger charge is 2.68. The molecule has 3 aromatic rings. The molecule has 1 unspecified atom stereocenters. The number of H-pyrrole nitrogens is 1. The van der Waals surface area contributed by atoms with Crippen molar-refractivity contribution in [1.82, 2.24) is 19.9 Å². The van der Waals surface area contributed by atoms with Gasteiger partial charge in [0.2, 0.25) is 0 Å². The number of pyridine rings is 1. The Bertz CT molecular complexity index is 1320. The average Bonchev–Trinajstić information content (AvgIpc) is 3.06. The van der Waals surface area contributed by atoms with Crippen LogP contribution < -0.4 is 21.9 Å². The van der Waals surface area contributed by atoms with Crippen molar-refractivity contribution in [2.75, 3.05) is 5.32 Å². The van der Waals surface area contributed by atoms with Crippen molar-refractivity contribution in [3.8, 4) is 0 Å². The van der Waals surface area contributed by atoms with Crippen LogP contribution in [0.5, 0.6) is 0 Å². The summed E-state index contributed by atoms with van der Waals surface area (Å²) < 4.78 is 43.8. The minimum Gasteiger partial charge on any atom is -0.326 e. The third-order valence-corrected chi connectivity index (χ3v) is 4.98. The topological polar surface area (TPSA) is 126 Å². The Balaban J connectivity index is 1.91. The van der Waals surface area contributed by atoms with E-state index in [9.17, 15) is 32.3 Å². The van der Waals surface area contributed by atoms with Gasteiger partial charge in [0.25, 0.3) is 22.9 Å². The number of hydrogen-bond acceptors (Lipinski definition) is 5. The number of nitrogens with one attached hydrogen (secondary N) is 3. The van der Waals surface area contributed by atoms with E-state index in [1.807, 2.05) is 10.3 Å². The first-order valence-electron chi connectivity index (χ1n) is 9.17. The fourth-order valence-corrected chi connectivity index (χ4v) is 3.48. The van der Waals surface area contributed by atoms with Gasteiger partial charge in [-0.3, -0.25) is 28.9 Å². The van der Waals surface area contributed by atoms with Crippen molar-refractivity contribution in [2.45, 2.75) is 18.3 Å². The van der Waals surface area contributed by atoms with Gasteiger partial charge in [0.15, 0.2) is 0 Å². The van der Waals surface area contributed by atoms with Gasteiger partial charge in [-0.25, -0.2) is 4.79 Å². The van der Waals surface area contributed by atoms with Crippen LogP contribution in [0.3, 0.4) is 0 Å². The zero-order valence-electron chi connectivity index (χ0n) is 16.1. The number of aromatic amines is 1. The molecule has 3 heterocycles. The van der Waals surface area contributed by atoms with E-state index >= 15 is 0 Å². The third-order valence-electron chi connectivity index (χ3n) is 4.98. The number of carbonyl (C=O) groups is 2. The number of fused-ring (bicyclic) bond motifs is 1. The van der Waals surface area contributed by atoms with Gasteiger partial charge in [0.1, 0.15) is 11.4 Å². The predicted octanol–water partition coefficient (Wildman–Crippen LogP) is 1.12. The second-order valence-corrected chi connectivity index (χ2v) is 6.95. The van der Waals surface area contributed by atoms with Crippen LogP contribution in [0, 0.1) is 0 Å². The molecule has 2 aromatic heterocycles. The fraction of sp³-hybridized carbons (Fsp3) is 0.150. The summed E-state index contributed by atoms with van der Waals surface area (Å²) in [4.78, 5) is 55.7. The van der Waals surface area contributed by atoms with Crippen LogP contribution in [-0.2, 0) is 16.9 Å². The highest BCUT2D eigenvalue weighted by atomic mass is 19.4. The number of aromatic nitrogens is 3. The monoisotopic (exact) mass is 445 g/mol. The summed E-state index contributed by atoms with van der Waals surface area (Å²) >= 11 is 0. The fourth-order valence-electron chi connectivity index (χ4n) is 3.48. The van der Waals surface area contributed by atoms with Crippen molar-refractivity contribution < 1.29 is 22.8 Å². The first kappa shape index (κ1) is 21.0. The lowest BCUT2D eigenvalue weighted by molar-refractivity contribution is -0.196. The molecule has 1 aliphatic heterocycles. The molecular formula is C20H14F3N5O4. The normalized spacial score (nSPS) is 17.5. The molecule has 3 N–H and O–H groups in total. The minimum atomic E-state index is -5.41. The van der Waals surface area contributed by atoms with Gasteiger partial charge in [0, 0.05) is 12.4 Å². The number of alkyl halides is 3. The second-order valence-electron chi connectivity index (χ2n) is 6.95. The maximum absolute atomic E-state index is 14.3. The Hall–Kier alpha value is -4.22. The summed E-state index contributed by atoms with van der Waals surface area (Å²) in [5.41, 5.74) is -7.03. The summed E-state index contributed by atoms with van der Waals surface area (Å²) in [6.07, 6.45) is -3.10. The molecule has 4 rings (SSSR count). The van der Waals surface area contributed by atoms with Crippen LogP contribution in [0.25, 0.3) is 0 Å². The van der Waals surface area contributed by atoms with E-state index in [4.69, 9.17) is 0 Å². The number of halogens is 3. The molecule has 1 aromatic carbocycles. The van der Waals surface area contributed by atoms with Crippen LogP contribution in [0.2, 0.25) is 0 Å². The summed E-state index contributed by atoms with van der Waals surface area (Å²) in [7, 11) is 0. The molecule has 9 nitrogen and oxygen atoms in total. The van der Waals surface area contributed by atoms with Gasteiger partial charge in [-0.15, -0.1) is 0 Å². The average molecular weight is 445 g/mol. The Morgan fingerprint density at radius 2 is 1.81 bits per heavy atom. The quantitative estimate of drug-likeness (QED) is 0.555. The number of carbonyl (C=O) groups excluding carboxylic acids is 2. The predicted molar refractivity (Wildman–Crippen MR) is 105 cm³/mol. The first-order chi connectivity index (χ1) is 15.1. The number of nitrogens with zero attached hydrogens (tertiary/aromatic N) is 2. The molecule has 0 saturated carbocycles. The van der Waals surface area contributed by atoms with Gasteiger partial charge in [-0.1, -0.05) is 30.3 Å². The third kappa shape index (κ3) is 3.25. The Kier molecular flexibility index (Phi) is 4.92. The van der Waals surface area contributed by atoms with Gasteiger partial charge in [-0.05, 0) is 17.7 Å². The van der Waals surface area contributed by atoms with E-state index in [-0.39, 0.29) is 12.1 Å². The van der Waals surface area contributed by atoms with Gasteiger partial charge in [-0.2, -0.15) is 13.2 Å². The summed E-state index contributed by atoms with van der Waals surface area (Å²) in [6, 6.07) is 10.7. The largest absolute Gasteiger partial charge is 0.425 e. The molecular weight excluding hydrogens is 431 g/mol. The van der Waals surface area contributed by atoms with Gasteiger partial charge < -0.3 is 10.6 Å². The Morgan fingerprint density at radius 3 is 2.44 bits per heavy atom. The van der Waals surface area contributed by atoms with Crippen LogP contribution in [0.4, 0.5) is 19.0 Å². The lowest BCUT2D eigenvalue weighted by Gasteiger charge is -2.30. The molecule has 0 spiro atoms. The Morgan fingerprint density at radius 1 is 1.09 bits per heavy atom. The Labute approximate surface area is 176 Å². The van der Waals surface area contributed by atoms with E-state index in [1.165, 1.54) is 18.3 Å². The lowest BCUT2D eigenvalue weighted by atomic mass is 9.91. The minimum absolute atomic E-state index is 0.233. The maximum atomic E-state index is 14.3. The van der Waals surface area contributed by atoms with Crippen LogP contribution in [-0.4, -0.2) is 32.5 Å². The number of rotatable bonds is 4. The molecule has 0 bridgehead atoms. The summed E-state index contributed by atoms with van der Waals surface area (Å²) in [6.45, 7) is -0.233. The zero-order chi connectivity index (χ0) is 23.1. The van der Waals surface area contributed by atoms with Crippen molar-refractivity contribution in [3.05, 3.63) is 92.4 Å². The molecule has 0 aliphatic carbocycles. The van der Waals surface area contributed by atoms with Crippen molar-refractivity contribution in [2.24, 2.45) is 0 Å². The lowest BCUT2D eigenvalue weighted by Crippen LogP contribution is -2.62. The van der Waals surface area contributed by atoms with E-state index in [1.54, 1.807) is 35.6 Å². The summed E-state index contributed by atoms with van der Waals surface area (Å²) in [5.74, 6) is -3.63. The number of benzene rings is 1. The number of amides is 2. The molecule has 1 atom stereocenters. The van der Waals surface area contributed by atoms with E-state index < -0.39 is 46.2 Å².